The third-order valence-electron chi connectivity index (χ3n) is 3.25. The second-order valence-electron chi connectivity index (χ2n) is 5.37. The molecule has 0 bridgehead atoms. The highest BCUT2D eigenvalue weighted by Crippen LogP contribution is 2.33. The van der Waals surface area contributed by atoms with E-state index < -0.39 is 6.10 Å². The van der Waals surface area contributed by atoms with E-state index in [1.165, 1.54) is 0 Å². The Morgan fingerprint density at radius 3 is 2.50 bits per heavy atom. The third-order valence-corrected chi connectivity index (χ3v) is 3.25. The lowest BCUT2D eigenvalue weighted by Gasteiger charge is -2.16. The smallest absolute Gasteiger partial charge is 0.225 e. The maximum absolute atomic E-state index is 9.80. The first-order valence-electron chi connectivity index (χ1n) is 6.90. The van der Waals surface area contributed by atoms with Crippen LogP contribution in [0.5, 0.6) is 11.6 Å². The van der Waals surface area contributed by atoms with E-state index in [2.05, 4.69) is 31.0 Å². The maximum Gasteiger partial charge on any atom is 0.225 e. The van der Waals surface area contributed by atoms with Gasteiger partial charge in [-0.3, -0.25) is 0 Å². The van der Waals surface area contributed by atoms with E-state index in [0.29, 0.717) is 17.4 Å². The number of aryl methyl sites for hydroxylation is 1. The molecule has 3 nitrogen and oxygen atoms in total. The van der Waals surface area contributed by atoms with Crippen molar-refractivity contribution in [1.82, 2.24) is 4.98 Å². The zero-order valence-corrected chi connectivity index (χ0v) is 12.4. The van der Waals surface area contributed by atoms with Gasteiger partial charge in [0.25, 0.3) is 0 Å². The summed E-state index contributed by atoms with van der Waals surface area (Å²) in [6, 6.07) is 9.80. The summed E-state index contributed by atoms with van der Waals surface area (Å²) in [5.74, 6) is 1.64. The minimum atomic E-state index is -0.606. The Morgan fingerprint density at radius 1 is 1.10 bits per heavy atom. The lowest BCUT2D eigenvalue weighted by molar-refractivity contribution is 0.194. The van der Waals surface area contributed by atoms with Gasteiger partial charge in [-0.05, 0) is 49.1 Å². The Hall–Kier alpha value is -1.87. The minimum Gasteiger partial charge on any atom is -0.438 e. The topological polar surface area (TPSA) is 42.4 Å². The summed E-state index contributed by atoms with van der Waals surface area (Å²) in [5, 5.41) is 9.80. The Kier molecular flexibility index (Phi) is 4.40. The molecule has 2 rings (SSSR count). The van der Waals surface area contributed by atoms with Crippen molar-refractivity contribution in [2.24, 2.45) is 0 Å². The van der Waals surface area contributed by atoms with Crippen molar-refractivity contribution in [2.75, 3.05) is 0 Å². The summed E-state index contributed by atoms with van der Waals surface area (Å²) in [7, 11) is 0. The van der Waals surface area contributed by atoms with Crippen LogP contribution in [0.3, 0.4) is 0 Å². The number of hydrogen-bond donors (Lipinski definition) is 1. The van der Waals surface area contributed by atoms with Crippen molar-refractivity contribution in [3.05, 3.63) is 53.2 Å². The number of ether oxygens (including phenoxy) is 1. The fourth-order valence-electron chi connectivity index (χ4n) is 2.12. The molecule has 106 valence electrons. The molecule has 0 amide bonds. The average molecular weight is 271 g/mol. The predicted octanol–water partition coefficient (Wildman–Crippen LogP) is 4.36. The summed E-state index contributed by atoms with van der Waals surface area (Å²) in [6.07, 6.45) is 1.07. The first-order chi connectivity index (χ1) is 9.49. The molecule has 1 heterocycles. The number of rotatable bonds is 4. The Balaban J connectivity index is 2.42. The predicted molar refractivity (Wildman–Crippen MR) is 80.2 cm³/mol. The molecule has 0 spiro atoms. The zero-order chi connectivity index (χ0) is 14.7. The molecule has 0 saturated heterocycles. The molecule has 0 aliphatic heterocycles. The van der Waals surface area contributed by atoms with Crippen molar-refractivity contribution >= 4 is 0 Å². The molecule has 0 aliphatic carbocycles. The van der Waals surface area contributed by atoms with Gasteiger partial charge < -0.3 is 9.84 Å². The standard InChI is InChI=1S/C17H21NO2/c1-11(2)14-8-7-12(3)10-16(14)20-17-15(13(4)19)6-5-9-18-17/h5-11,13,19H,1-4H3. The van der Waals surface area contributed by atoms with Gasteiger partial charge >= 0.3 is 0 Å². The lowest BCUT2D eigenvalue weighted by atomic mass is 10.0. The molecule has 20 heavy (non-hydrogen) atoms. The highest BCUT2D eigenvalue weighted by molar-refractivity contribution is 5.42. The van der Waals surface area contributed by atoms with E-state index in [1.54, 1.807) is 19.2 Å². The molecule has 0 radical (unpaired) electrons. The number of aromatic nitrogens is 1. The Bertz CT molecular complexity index is 591. The summed E-state index contributed by atoms with van der Waals surface area (Å²) in [6.45, 7) is 8.01. The van der Waals surface area contributed by atoms with E-state index in [1.807, 2.05) is 19.1 Å². The summed E-state index contributed by atoms with van der Waals surface area (Å²) in [5.41, 5.74) is 2.97. The van der Waals surface area contributed by atoms with E-state index in [9.17, 15) is 5.11 Å². The van der Waals surface area contributed by atoms with Gasteiger partial charge in [0.05, 0.1) is 6.10 Å². The third kappa shape index (κ3) is 3.17. The number of nitrogens with zero attached hydrogens (tertiary/aromatic N) is 1. The second kappa shape index (κ2) is 6.06. The molecular formula is C17H21NO2. The van der Waals surface area contributed by atoms with Gasteiger partial charge in [-0.15, -0.1) is 0 Å². The van der Waals surface area contributed by atoms with Crippen LogP contribution in [0, 0.1) is 6.92 Å². The van der Waals surface area contributed by atoms with Crippen molar-refractivity contribution in [3.8, 4) is 11.6 Å². The fraction of sp³-hybridized carbons (Fsp3) is 0.353. The molecule has 3 heteroatoms. The number of benzene rings is 1. The normalized spacial score (nSPS) is 12.5. The van der Waals surface area contributed by atoms with Crippen LogP contribution < -0.4 is 4.74 Å². The molecule has 1 unspecified atom stereocenters. The average Bonchev–Trinajstić information content (AvgIpc) is 2.38. The molecule has 1 aromatic carbocycles. The monoisotopic (exact) mass is 271 g/mol. The van der Waals surface area contributed by atoms with Crippen molar-refractivity contribution in [2.45, 2.75) is 39.7 Å². The van der Waals surface area contributed by atoms with Crippen molar-refractivity contribution < 1.29 is 9.84 Å². The summed E-state index contributed by atoms with van der Waals surface area (Å²) in [4.78, 5) is 4.24. The molecule has 1 aromatic heterocycles. The van der Waals surface area contributed by atoms with Crippen LogP contribution in [-0.2, 0) is 0 Å². The minimum absolute atomic E-state index is 0.365. The second-order valence-corrected chi connectivity index (χ2v) is 5.37. The SMILES string of the molecule is Cc1ccc(C(C)C)c(Oc2ncccc2C(C)O)c1. The summed E-state index contributed by atoms with van der Waals surface area (Å²) >= 11 is 0. The van der Waals surface area contributed by atoms with Crippen molar-refractivity contribution in [3.63, 3.8) is 0 Å². The number of pyridine rings is 1. The highest BCUT2D eigenvalue weighted by Gasteiger charge is 2.14. The fourth-order valence-corrected chi connectivity index (χ4v) is 2.12. The van der Waals surface area contributed by atoms with E-state index in [-0.39, 0.29) is 0 Å². The first kappa shape index (κ1) is 14.5. The van der Waals surface area contributed by atoms with Gasteiger partial charge in [-0.25, -0.2) is 4.98 Å². The Morgan fingerprint density at radius 2 is 1.85 bits per heavy atom. The first-order valence-corrected chi connectivity index (χ1v) is 6.90. The van der Waals surface area contributed by atoms with Crippen LogP contribution in [0.15, 0.2) is 36.5 Å². The summed E-state index contributed by atoms with van der Waals surface area (Å²) < 4.78 is 5.97. The van der Waals surface area contributed by atoms with E-state index >= 15 is 0 Å². The van der Waals surface area contributed by atoms with Crippen LogP contribution in [-0.4, -0.2) is 10.1 Å². The van der Waals surface area contributed by atoms with Gasteiger partial charge in [0, 0.05) is 11.8 Å². The lowest BCUT2D eigenvalue weighted by Crippen LogP contribution is -2.01. The quantitative estimate of drug-likeness (QED) is 0.898. The number of hydrogen-bond acceptors (Lipinski definition) is 3. The van der Waals surface area contributed by atoms with Gasteiger partial charge in [0.1, 0.15) is 5.75 Å². The van der Waals surface area contributed by atoms with Crippen LogP contribution in [0.25, 0.3) is 0 Å². The zero-order valence-electron chi connectivity index (χ0n) is 12.4. The largest absolute Gasteiger partial charge is 0.438 e. The molecule has 0 aliphatic rings. The van der Waals surface area contributed by atoms with Crippen LogP contribution in [0.4, 0.5) is 0 Å². The highest BCUT2D eigenvalue weighted by atomic mass is 16.5. The Labute approximate surface area is 120 Å². The molecule has 1 N–H and O–H groups in total. The van der Waals surface area contributed by atoms with Crippen LogP contribution in [0.2, 0.25) is 0 Å². The van der Waals surface area contributed by atoms with Crippen LogP contribution in [0.1, 0.15) is 49.5 Å². The number of aliphatic hydroxyl groups excluding tert-OH is 1. The van der Waals surface area contributed by atoms with Crippen LogP contribution >= 0.6 is 0 Å². The van der Waals surface area contributed by atoms with E-state index in [0.717, 1.165) is 16.9 Å². The van der Waals surface area contributed by atoms with Gasteiger partial charge in [-0.2, -0.15) is 0 Å². The van der Waals surface area contributed by atoms with E-state index in [4.69, 9.17) is 4.74 Å². The van der Waals surface area contributed by atoms with Crippen molar-refractivity contribution in [1.29, 1.82) is 0 Å². The van der Waals surface area contributed by atoms with Gasteiger partial charge in [-0.1, -0.05) is 26.0 Å². The molecule has 0 saturated carbocycles. The molecule has 0 fully saturated rings. The molecule has 1 atom stereocenters. The van der Waals surface area contributed by atoms with Gasteiger partial charge in [0.15, 0.2) is 0 Å². The molecular weight excluding hydrogens is 250 g/mol. The molecule has 2 aromatic rings. The number of aliphatic hydroxyl groups is 1. The van der Waals surface area contributed by atoms with Gasteiger partial charge in [0.2, 0.25) is 5.88 Å². The maximum atomic E-state index is 9.80.